The summed E-state index contributed by atoms with van der Waals surface area (Å²) < 4.78 is 24.4. The molecule has 90 valence electrons. The predicted molar refractivity (Wildman–Crippen MR) is 71.1 cm³/mol. The average Bonchev–Trinajstić information content (AvgIpc) is 2.77. The minimum atomic E-state index is -3.33. The van der Waals surface area contributed by atoms with Crippen LogP contribution in [0.3, 0.4) is 0 Å². The Kier molecular flexibility index (Phi) is 3.42. The van der Waals surface area contributed by atoms with Crippen LogP contribution >= 0.6 is 22.9 Å². The lowest BCUT2D eigenvalue weighted by Crippen LogP contribution is -2.04. The van der Waals surface area contributed by atoms with Gasteiger partial charge in [0, 0.05) is 10.7 Å². The molecule has 0 spiro atoms. The van der Waals surface area contributed by atoms with Gasteiger partial charge in [0.15, 0.2) is 9.84 Å². The summed E-state index contributed by atoms with van der Waals surface area (Å²) >= 11 is 7.14. The van der Waals surface area contributed by atoms with Crippen LogP contribution in [0.25, 0.3) is 0 Å². The van der Waals surface area contributed by atoms with E-state index in [0.29, 0.717) is 20.5 Å². The summed E-state index contributed by atoms with van der Waals surface area (Å²) in [5.41, 5.74) is 6.65. The predicted octanol–water partition coefficient (Wildman–Crippen LogP) is 2.96. The minimum absolute atomic E-state index is 0.128. The molecule has 1 aromatic heterocycles. The van der Waals surface area contributed by atoms with Gasteiger partial charge < -0.3 is 5.73 Å². The number of hydrogen-bond donors (Lipinski definition) is 1. The molecule has 0 saturated heterocycles. The zero-order chi connectivity index (χ0) is 12.5. The number of rotatable bonds is 3. The number of anilines is 1. The van der Waals surface area contributed by atoms with Gasteiger partial charge in [-0.2, -0.15) is 0 Å². The van der Waals surface area contributed by atoms with Crippen molar-refractivity contribution in [2.24, 2.45) is 0 Å². The average molecular weight is 288 g/mol. The van der Waals surface area contributed by atoms with Crippen molar-refractivity contribution < 1.29 is 8.42 Å². The Morgan fingerprint density at radius 3 is 2.71 bits per heavy atom. The maximum Gasteiger partial charge on any atom is 0.191 e. The number of nitrogens with two attached hydrogens (primary N) is 1. The molecule has 2 aromatic rings. The summed E-state index contributed by atoms with van der Waals surface area (Å²) in [6.07, 6.45) is 0. The summed E-state index contributed by atoms with van der Waals surface area (Å²) in [6.45, 7) is 0. The molecule has 0 aliphatic carbocycles. The molecule has 0 aliphatic rings. The highest BCUT2D eigenvalue weighted by atomic mass is 35.5. The van der Waals surface area contributed by atoms with Crippen molar-refractivity contribution >= 4 is 38.5 Å². The maximum atomic E-state index is 12.0. The van der Waals surface area contributed by atoms with Crippen LogP contribution in [-0.2, 0) is 15.6 Å². The normalized spacial score (nSPS) is 11.6. The number of benzene rings is 1. The van der Waals surface area contributed by atoms with Gasteiger partial charge in [-0.25, -0.2) is 8.42 Å². The molecule has 0 unspecified atom stereocenters. The summed E-state index contributed by atoms with van der Waals surface area (Å²) in [5.74, 6) is -0.128. The molecule has 2 N–H and O–H groups in total. The molecule has 3 nitrogen and oxygen atoms in total. The van der Waals surface area contributed by atoms with E-state index in [1.54, 1.807) is 35.7 Å². The molecule has 17 heavy (non-hydrogen) atoms. The Morgan fingerprint density at radius 1 is 1.29 bits per heavy atom. The van der Waals surface area contributed by atoms with Crippen LogP contribution < -0.4 is 5.73 Å². The summed E-state index contributed by atoms with van der Waals surface area (Å²) in [6, 6.07) is 8.13. The Morgan fingerprint density at radius 2 is 2.06 bits per heavy atom. The van der Waals surface area contributed by atoms with Crippen molar-refractivity contribution in [2.45, 2.75) is 9.96 Å². The van der Waals surface area contributed by atoms with Gasteiger partial charge in [0.05, 0.1) is 5.75 Å². The van der Waals surface area contributed by atoms with Crippen LogP contribution in [0.1, 0.15) is 5.56 Å². The lowest BCUT2D eigenvalue weighted by Gasteiger charge is -2.05. The largest absolute Gasteiger partial charge is 0.399 e. The highest BCUT2D eigenvalue weighted by Crippen LogP contribution is 2.26. The van der Waals surface area contributed by atoms with Gasteiger partial charge in [0.25, 0.3) is 0 Å². The molecule has 0 radical (unpaired) electrons. The second-order valence-corrected chi connectivity index (χ2v) is 7.11. The van der Waals surface area contributed by atoms with Crippen LogP contribution in [0, 0.1) is 0 Å². The van der Waals surface area contributed by atoms with Crippen molar-refractivity contribution in [3.63, 3.8) is 0 Å². The van der Waals surface area contributed by atoms with E-state index in [0.717, 1.165) is 0 Å². The van der Waals surface area contributed by atoms with E-state index >= 15 is 0 Å². The van der Waals surface area contributed by atoms with Gasteiger partial charge >= 0.3 is 0 Å². The highest BCUT2D eigenvalue weighted by Gasteiger charge is 2.18. The minimum Gasteiger partial charge on any atom is -0.399 e. The summed E-state index contributed by atoms with van der Waals surface area (Å²) in [7, 11) is -3.33. The number of nitrogen functional groups attached to an aromatic ring is 1. The Balaban J connectivity index is 2.36. The van der Waals surface area contributed by atoms with Crippen LogP contribution in [0.2, 0.25) is 5.02 Å². The molecule has 0 fully saturated rings. The van der Waals surface area contributed by atoms with Gasteiger partial charge in [-0.3, -0.25) is 0 Å². The highest BCUT2D eigenvalue weighted by molar-refractivity contribution is 7.92. The zero-order valence-electron chi connectivity index (χ0n) is 8.76. The molecule has 0 atom stereocenters. The molecular formula is C11H10ClNO2S2. The Hall–Kier alpha value is -1.04. The van der Waals surface area contributed by atoms with Crippen molar-refractivity contribution in [1.29, 1.82) is 0 Å². The lowest BCUT2D eigenvalue weighted by molar-refractivity contribution is 0.597. The second kappa shape index (κ2) is 4.68. The molecule has 1 heterocycles. The third kappa shape index (κ3) is 2.80. The maximum absolute atomic E-state index is 12.0. The second-order valence-electron chi connectivity index (χ2n) is 3.54. The van der Waals surface area contributed by atoms with Crippen LogP contribution in [-0.4, -0.2) is 8.42 Å². The van der Waals surface area contributed by atoms with Crippen LogP contribution in [0.4, 0.5) is 5.69 Å². The van der Waals surface area contributed by atoms with Crippen LogP contribution in [0.5, 0.6) is 0 Å². The monoisotopic (exact) mass is 287 g/mol. The lowest BCUT2D eigenvalue weighted by atomic mass is 10.2. The standard InChI is InChI=1S/C11H10ClNO2S2/c12-10-4-3-9(13)6-8(10)7-17(14,15)11-2-1-5-16-11/h1-6H,7,13H2. The smallest absolute Gasteiger partial charge is 0.191 e. The molecular weight excluding hydrogens is 278 g/mol. The quantitative estimate of drug-likeness (QED) is 0.883. The SMILES string of the molecule is Nc1ccc(Cl)c(CS(=O)(=O)c2cccs2)c1. The zero-order valence-corrected chi connectivity index (χ0v) is 11.1. The molecule has 6 heteroatoms. The fourth-order valence-corrected chi connectivity index (χ4v) is 4.14. The van der Waals surface area contributed by atoms with E-state index in [1.807, 2.05) is 0 Å². The topological polar surface area (TPSA) is 60.2 Å². The van der Waals surface area contributed by atoms with Gasteiger partial charge in [-0.1, -0.05) is 17.7 Å². The van der Waals surface area contributed by atoms with E-state index in [9.17, 15) is 8.42 Å². The summed E-state index contributed by atoms with van der Waals surface area (Å²) in [5, 5.41) is 2.15. The van der Waals surface area contributed by atoms with E-state index in [1.165, 1.54) is 11.3 Å². The van der Waals surface area contributed by atoms with E-state index < -0.39 is 9.84 Å². The van der Waals surface area contributed by atoms with E-state index in [4.69, 9.17) is 17.3 Å². The summed E-state index contributed by atoms with van der Waals surface area (Å²) in [4.78, 5) is 0. The third-order valence-corrected chi connectivity index (χ3v) is 5.74. The molecule has 1 aromatic carbocycles. The first-order valence-corrected chi connectivity index (χ1v) is 7.70. The Bertz CT molecular complexity index is 621. The third-order valence-electron chi connectivity index (χ3n) is 2.22. The first-order chi connectivity index (χ1) is 7.99. The van der Waals surface area contributed by atoms with Gasteiger partial charge in [0.1, 0.15) is 4.21 Å². The molecule has 2 rings (SSSR count). The van der Waals surface area contributed by atoms with Crippen molar-refractivity contribution in [3.05, 3.63) is 46.3 Å². The van der Waals surface area contributed by atoms with Crippen molar-refractivity contribution in [2.75, 3.05) is 5.73 Å². The van der Waals surface area contributed by atoms with E-state index in [-0.39, 0.29) is 5.75 Å². The van der Waals surface area contributed by atoms with Crippen molar-refractivity contribution in [1.82, 2.24) is 0 Å². The number of sulfone groups is 1. The first kappa shape index (κ1) is 12.4. The molecule has 0 amide bonds. The van der Waals surface area contributed by atoms with Crippen LogP contribution in [0.15, 0.2) is 39.9 Å². The fraction of sp³-hybridized carbons (Fsp3) is 0.0909. The number of thiophene rings is 1. The van der Waals surface area contributed by atoms with Gasteiger partial charge in [-0.15, -0.1) is 11.3 Å². The van der Waals surface area contributed by atoms with Crippen molar-refractivity contribution in [3.8, 4) is 0 Å². The molecule has 0 saturated carbocycles. The fourth-order valence-electron chi connectivity index (χ4n) is 1.42. The van der Waals surface area contributed by atoms with E-state index in [2.05, 4.69) is 0 Å². The molecule has 0 bridgehead atoms. The van der Waals surface area contributed by atoms with Gasteiger partial charge in [-0.05, 0) is 35.2 Å². The first-order valence-electron chi connectivity index (χ1n) is 4.79. The number of halogens is 1. The Labute approximate surface area is 109 Å². The molecule has 0 aliphatic heterocycles. The van der Waals surface area contributed by atoms with Gasteiger partial charge in [0.2, 0.25) is 0 Å². The number of hydrogen-bond acceptors (Lipinski definition) is 4.